The third-order valence-electron chi connectivity index (χ3n) is 4.03. The predicted octanol–water partition coefficient (Wildman–Crippen LogP) is 4.84. The maximum absolute atomic E-state index is 6.17. The van der Waals surface area contributed by atoms with Crippen LogP contribution < -0.4 is 10.1 Å². The van der Waals surface area contributed by atoms with E-state index in [0.717, 1.165) is 37.4 Å². The lowest BCUT2D eigenvalue weighted by molar-refractivity contribution is 0.110. The van der Waals surface area contributed by atoms with Gasteiger partial charge in [-0.3, -0.25) is 0 Å². The zero-order valence-electron chi connectivity index (χ0n) is 13.4. The minimum Gasteiger partial charge on any atom is -0.489 e. The number of halogens is 2. The van der Waals surface area contributed by atoms with Gasteiger partial charge in [-0.25, -0.2) is 0 Å². The summed E-state index contributed by atoms with van der Waals surface area (Å²) in [5, 5.41) is 4.69. The smallest absolute Gasteiger partial charge is 0.120 e. The predicted molar refractivity (Wildman–Crippen MR) is 97.9 cm³/mol. The molecule has 2 aromatic carbocycles. The molecule has 24 heavy (non-hydrogen) atoms. The van der Waals surface area contributed by atoms with Crippen LogP contribution in [0.5, 0.6) is 5.75 Å². The molecule has 1 aliphatic rings. The van der Waals surface area contributed by atoms with E-state index >= 15 is 0 Å². The highest BCUT2D eigenvalue weighted by molar-refractivity contribution is 6.35. The van der Waals surface area contributed by atoms with Crippen molar-refractivity contribution < 1.29 is 9.47 Å². The molecule has 0 aliphatic carbocycles. The summed E-state index contributed by atoms with van der Waals surface area (Å²) in [5.74, 6) is 0.831. The lowest BCUT2D eigenvalue weighted by Gasteiger charge is -2.12. The SMILES string of the molecule is Clc1ccc(COc2cccc(CNC[C@@H]3CCCO3)c2)c(Cl)c1. The number of hydrogen-bond acceptors (Lipinski definition) is 3. The second-order valence-electron chi connectivity index (χ2n) is 5.94. The number of rotatable bonds is 7. The van der Waals surface area contributed by atoms with Crippen molar-refractivity contribution in [1.29, 1.82) is 0 Å². The molecule has 1 N–H and O–H groups in total. The number of benzene rings is 2. The first-order valence-corrected chi connectivity index (χ1v) is 8.94. The molecule has 3 nitrogen and oxygen atoms in total. The summed E-state index contributed by atoms with van der Waals surface area (Å²) in [6, 6.07) is 13.5. The Morgan fingerprint density at radius 3 is 2.88 bits per heavy atom. The Morgan fingerprint density at radius 1 is 1.17 bits per heavy atom. The quantitative estimate of drug-likeness (QED) is 0.761. The van der Waals surface area contributed by atoms with Crippen LogP contribution in [0.15, 0.2) is 42.5 Å². The van der Waals surface area contributed by atoms with Gasteiger partial charge in [-0.05, 0) is 42.7 Å². The summed E-state index contributed by atoms with van der Waals surface area (Å²) in [5.41, 5.74) is 2.11. The highest BCUT2D eigenvalue weighted by atomic mass is 35.5. The van der Waals surface area contributed by atoms with Crippen molar-refractivity contribution in [3.8, 4) is 5.75 Å². The van der Waals surface area contributed by atoms with Crippen LogP contribution in [0.2, 0.25) is 10.0 Å². The van der Waals surface area contributed by atoms with Gasteiger partial charge in [-0.1, -0.05) is 41.4 Å². The van der Waals surface area contributed by atoms with Crippen molar-refractivity contribution in [2.75, 3.05) is 13.2 Å². The van der Waals surface area contributed by atoms with E-state index in [9.17, 15) is 0 Å². The topological polar surface area (TPSA) is 30.5 Å². The molecule has 0 unspecified atom stereocenters. The van der Waals surface area contributed by atoms with Crippen LogP contribution in [0.1, 0.15) is 24.0 Å². The zero-order chi connectivity index (χ0) is 16.8. The number of ether oxygens (including phenoxy) is 2. The van der Waals surface area contributed by atoms with Crippen LogP contribution in [0.3, 0.4) is 0 Å². The van der Waals surface area contributed by atoms with Crippen molar-refractivity contribution in [3.05, 3.63) is 63.6 Å². The Bertz CT molecular complexity index is 672. The molecule has 0 spiro atoms. The molecule has 5 heteroatoms. The lowest BCUT2D eigenvalue weighted by Crippen LogP contribution is -2.25. The molecule has 0 saturated carbocycles. The summed E-state index contributed by atoms with van der Waals surface area (Å²) in [7, 11) is 0. The Kier molecular flexibility index (Phi) is 6.38. The van der Waals surface area contributed by atoms with Crippen LogP contribution in [0.4, 0.5) is 0 Å². The van der Waals surface area contributed by atoms with Gasteiger partial charge < -0.3 is 14.8 Å². The first-order valence-electron chi connectivity index (χ1n) is 8.19. The van der Waals surface area contributed by atoms with Crippen LogP contribution in [-0.2, 0) is 17.9 Å². The summed E-state index contributed by atoms with van der Waals surface area (Å²) in [4.78, 5) is 0. The molecule has 0 radical (unpaired) electrons. The van der Waals surface area contributed by atoms with Gasteiger partial charge in [0, 0.05) is 35.3 Å². The van der Waals surface area contributed by atoms with Gasteiger partial charge in [-0.15, -0.1) is 0 Å². The van der Waals surface area contributed by atoms with E-state index in [2.05, 4.69) is 11.4 Å². The first kappa shape index (κ1) is 17.6. The maximum Gasteiger partial charge on any atom is 0.120 e. The Morgan fingerprint density at radius 2 is 2.08 bits per heavy atom. The average Bonchev–Trinajstić information content (AvgIpc) is 3.08. The van der Waals surface area contributed by atoms with Gasteiger partial charge in [0.2, 0.25) is 0 Å². The van der Waals surface area contributed by atoms with Crippen LogP contribution >= 0.6 is 23.2 Å². The molecule has 1 fully saturated rings. The molecular formula is C19H21Cl2NO2. The zero-order valence-corrected chi connectivity index (χ0v) is 14.9. The van der Waals surface area contributed by atoms with Crippen molar-refractivity contribution in [2.45, 2.75) is 32.1 Å². The van der Waals surface area contributed by atoms with Gasteiger partial charge >= 0.3 is 0 Å². The van der Waals surface area contributed by atoms with Crippen LogP contribution in [-0.4, -0.2) is 19.3 Å². The molecule has 0 bridgehead atoms. The Labute approximate surface area is 152 Å². The molecule has 128 valence electrons. The fraction of sp³-hybridized carbons (Fsp3) is 0.368. The Hall–Kier alpha value is -1.26. The van der Waals surface area contributed by atoms with Gasteiger partial charge in [0.1, 0.15) is 12.4 Å². The third kappa shape index (κ3) is 5.12. The highest BCUT2D eigenvalue weighted by Crippen LogP contribution is 2.23. The number of hydrogen-bond donors (Lipinski definition) is 1. The molecule has 0 amide bonds. The first-order chi connectivity index (χ1) is 11.7. The van der Waals surface area contributed by atoms with Crippen molar-refractivity contribution >= 4 is 23.2 Å². The van der Waals surface area contributed by atoms with E-state index < -0.39 is 0 Å². The third-order valence-corrected chi connectivity index (χ3v) is 4.62. The second kappa shape index (κ2) is 8.72. The van der Waals surface area contributed by atoms with Crippen LogP contribution in [0.25, 0.3) is 0 Å². The van der Waals surface area contributed by atoms with Gasteiger partial charge in [0.15, 0.2) is 0 Å². The minimum absolute atomic E-state index is 0.358. The molecule has 0 aromatic heterocycles. The summed E-state index contributed by atoms with van der Waals surface area (Å²) in [6.07, 6.45) is 2.68. The van der Waals surface area contributed by atoms with E-state index in [1.807, 2.05) is 30.3 Å². The second-order valence-corrected chi connectivity index (χ2v) is 6.78. The summed E-state index contributed by atoms with van der Waals surface area (Å²) in [6.45, 7) is 3.01. The van der Waals surface area contributed by atoms with E-state index in [0.29, 0.717) is 22.8 Å². The van der Waals surface area contributed by atoms with E-state index in [1.54, 1.807) is 6.07 Å². The fourth-order valence-corrected chi connectivity index (χ4v) is 3.19. The van der Waals surface area contributed by atoms with Gasteiger partial charge in [-0.2, -0.15) is 0 Å². The normalized spacial score (nSPS) is 17.2. The van der Waals surface area contributed by atoms with Crippen molar-refractivity contribution in [1.82, 2.24) is 5.32 Å². The molecule has 1 aliphatic heterocycles. The van der Waals surface area contributed by atoms with E-state index in [-0.39, 0.29) is 0 Å². The highest BCUT2D eigenvalue weighted by Gasteiger charge is 2.14. The lowest BCUT2D eigenvalue weighted by atomic mass is 10.2. The van der Waals surface area contributed by atoms with Gasteiger partial charge in [0.05, 0.1) is 6.10 Å². The summed E-state index contributed by atoms with van der Waals surface area (Å²) < 4.78 is 11.5. The van der Waals surface area contributed by atoms with E-state index in [4.69, 9.17) is 32.7 Å². The monoisotopic (exact) mass is 365 g/mol. The standard InChI is InChI=1S/C19H21Cl2NO2/c20-16-7-6-15(19(21)10-16)13-24-17-4-1-3-14(9-17)11-22-12-18-5-2-8-23-18/h1,3-4,6-7,9-10,18,22H,2,5,8,11-13H2/t18-/m0/s1. The maximum atomic E-state index is 6.17. The molecule has 1 atom stereocenters. The number of nitrogens with one attached hydrogen (secondary N) is 1. The van der Waals surface area contributed by atoms with Gasteiger partial charge in [0.25, 0.3) is 0 Å². The molecule has 1 saturated heterocycles. The largest absolute Gasteiger partial charge is 0.489 e. The summed E-state index contributed by atoms with van der Waals surface area (Å²) >= 11 is 12.1. The molecule has 2 aromatic rings. The van der Waals surface area contributed by atoms with Crippen molar-refractivity contribution in [3.63, 3.8) is 0 Å². The Balaban J connectivity index is 1.50. The van der Waals surface area contributed by atoms with Crippen molar-refractivity contribution in [2.24, 2.45) is 0 Å². The minimum atomic E-state index is 0.358. The fourth-order valence-electron chi connectivity index (χ4n) is 2.73. The molecule has 1 heterocycles. The van der Waals surface area contributed by atoms with E-state index in [1.165, 1.54) is 12.0 Å². The molecular weight excluding hydrogens is 345 g/mol. The average molecular weight is 366 g/mol. The molecule has 3 rings (SSSR count). The van der Waals surface area contributed by atoms with Crippen LogP contribution in [0, 0.1) is 0 Å².